The number of hydrogen-bond donors (Lipinski definition) is 1. The molecule has 0 spiro atoms. The van der Waals surface area contributed by atoms with Crippen LogP contribution in [0, 0.1) is 6.92 Å². The third-order valence-electron chi connectivity index (χ3n) is 3.20. The van der Waals surface area contributed by atoms with E-state index in [0.29, 0.717) is 22.8 Å². The van der Waals surface area contributed by atoms with E-state index >= 15 is 0 Å². The molecule has 0 saturated heterocycles. The Hall–Kier alpha value is -2.67. The van der Waals surface area contributed by atoms with Gasteiger partial charge in [-0.25, -0.2) is 0 Å². The zero-order chi connectivity index (χ0) is 18.2. The number of thiophene rings is 1. The molecular weight excluding hydrogens is 342 g/mol. The highest BCUT2D eigenvalue weighted by molar-refractivity contribution is 7.14. The fourth-order valence-electron chi connectivity index (χ4n) is 1.98. The van der Waals surface area contributed by atoms with E-state index in [-0.39, 0.29) is 18.9 Å². The van der Waals surface area contributed by atoms with Crippen molar-refractivity contribution in [2.75, 3.05) is 19.8 Å². The summed E-state index contributed by atoms with van der Waals surface area (Å²) in [6, 6.07) is 10.1. The Morgan fingerprint density at radius 1 is 1.08 bits per heavy atom. The van der Waals surface area contributed by atoms with Crippen molar-refractivity contribution in [2.45, 2.75) is 13.8 Å². The molecule has 2 rings (SSSR count). The van der Waals surface area contributed by atoms with Crippen LogP contribution in [0.15, 0.2) is 36.4 Å². The van der Waals surface area contributed by atoms with Crippen LogP contribution in [0.25, 0.3) is 0 Å². The predicted molar refractivity (Wildman–Crippen MR) is 94.3 cm³/mol. The lowest BCUT2D eigenvalue weighted by molar-refractivity contribution is -0.141. The average molecular weight is 361 g/mol. The van der Waals surface area contributed by atoms with Crippen LogP contribution in [0.1, 0.15) is 31.8 Å². The Bertz CT molecular complexity index is 751. The molecule has 0 bridgehead atoms. The molecule has 1 aromatic heterocycles. The maximum Gasteiger partial charge on any atom is 0.325 e. The summed E-state index contributed by atoms with van der Waals surface area (Å²) in [5.41, 5.74) is 0.404. The van der Waals surface area contributed by atoms with Gasteiger partial charge in [-0.05, 0) is 50.2 Å². The number of benzene rings is 1. The predicted octanol–water partition coefficient (Wildman–Crippen LogP) is 2.61. The Balaban J connectivity index is 1.75. The maximum atomic E-state index is 12.0. The molecule has 0 unspecified atom stereocenters. The Kier molecular flexibility index (Phi) is 6.71. The van der Waals surface area contributed by atoms with Crippen LogP contribution in [0.4, 0.5) is 0 Å². The summed E-state index contributed by atoms with van der Waals surface area (Å²) in [6.45, 7) is 3.67. The first kappa shape index (κ1) is 18.7. The summed E-state index contributed by atoms with van der Waals surface area (Å²) in [5.74, 6) is -0.661. The van der Waals surface area contributed by atoms with Gasteiger partial charge in [0.25, 0.3) is 5.91 Å². The van der Waals surface area contributed by atoms with Gasteiger partial charge in [-0.3, -0.25) is 14.4 Å². The van der Waals surface area contributed by atoms with Crippen molar-refractivity contribution in [2.24, 2.45) is 0 Å². The SMILES string of the molecule is CCOc1ccc(C(=O)NCC(=O)OCC(=O)c2ccc(C)s2)cc1. The summed E-state index contributed by atoms with van der Waals surface area (Å²) in [4.78, 5) is 37.0. The molecule has 7 heteroatoms. The van der Waals surface area contributed by atoms with Crippen molar-refractivity contribution in [1.82, 2.24) is 5.32 Å². The number of carbonyl (C=O) groups is 3. The Labute approximate surface area is 149 Å². The van der Waals surface area contributed by atoms with E-state index in [9.17, 15) is 14.4 Å². The van der Waals surface area contributed by atoms with E-state index in [2.05, 4.69) is 5.32 Å². The highest BCUT2D eigenvalue weighted by atomic mass is 32.1. The van der Waals surface area contributed by atoms with Crippen molar-refractivity contribution < 1.29 is 23.9 Å². The van der Waals surface area contributed by atoms with Gasteiger partial charge in [0.15, 0.2) is 6.61 Å². The minimum atomic E-state index is -0.666. The lowest BCUT2D eigenvalue weighted by atomic mass is 10.2. The number of aryl methyl sites for hydroxylation is 1. The number of hydrogen-bond acceptors (Lipinski definition) is 6. The molecule has 0 saturated carbocycles. The number of esters is 1. The lowest BCUT2D eigenvalue weighted by Crippen LogP contribution is -2.31. The number of carbonyl (C=O) groups excluding carboxylic acids is 3. The zero-order valence-electron chi connectivity index (χ0n) is 14.0. The molecule has 2 aromatic rings. The second-order valence-electron chi connectivity index (χ2n) is 5.13. The van der Waals surface area contributed by atoms with E-state index in [1.54, 1.807) is 30.3 Å². The van der Waals surface area contributed by atoms with Crippen LogP contribution in [0.3, 0.4) is 0 Å². The number of amides is 1. The van der Waals surface area contributed by atoms with Gasteiger partial charge in [-0.2, -0.15) is 0 Å². The van der Waals surface area contributed by atoms with Gasteiger partial charge < -0.3 is 14.8 Å². The number of ether oxygens (including phenoxy) is 2. The molecule has 0 aliphatic heterocycles. The molecule has 132 valence electrons. The highest BCUT2D eigenvalue weighted by Crippen LogP contribution is 2.15. The minimum absolute atomic E-state index is 0.260. The van der Waals surface area contributed by atoms with Crippen LogP contribution < -0.4 is 10.1 Å². The van der Waals surface area contributed by atoms with Crippen LogP contribution in [0.5, 0.6) is 5.75 Å². The second-order valence-corrected chi connectivity index (χ2v) is 6.42. The third kappa shape index (κ3) is 5.72. The Morgan fingerprint density at radius 2 is 1.80 bits per heavy atom. The first-order valence-electron chi connectivity index (χ1n) is 7.76. The van der Waals surface area contributed by atoms with Crippen molar-refractivity contribution in [3.63, 3.8) is 0 Å². The second kappa shape index (κ2) is 8.98. The van der Waals surface area contributed by atoms with Gasteiger partial charge in [-0.15, -0.1) is 11.3 Å². The molecule has 0 fully saturated rings. The van der Waals surface area contributed by atoms with E-state index in [1.165, 1.54) is 11.3 Å². The van der Waals surface area contributed by atoms with Gasteiger partial charge in [0.1, 0.15) is 12.3 Å². The summed E-state index contributed by atoms with van der Waals surface area (Å²) < 4.78 is 10.2. The number of rotatable bonds is 8. The fourth-order valence-corrected chi connectivity index (χ4v) is 2.77. The molecule has 1 amide bonds. The fraction of sp³-hybridized carbons (Fsp3) is 0.278. The van der Waals surface area contributed by atoms with Crippen LogP contribution in [-0.4, -0.2) is 37.4 Å². The third-order valence-corrected chi connectivity index (χ3v) is 4.24. The largest absolute Gasteiger partial charge is 0.494 e. The molecule has 0 atom stereocenters. The van der Waals surface area contributed by atoms with Crippen molar-refractivity contribution in [3.05, 3.63) is 51.7 Å². The van der Waals surface area contributed by atoms with Crippen LogP contribution in [-0.2, 0) is 9.53 Å². The molecule has 25 heavy (non-hydrogen) atoms. The van der Waals surface area contributed by atoms with E-state index in [0.717, 1.165) is 4.88 Å². The molecule has 0 aliphatic carbocycles. The van der Waals surface area contributed by atoms with Gasteiger partial charge in [0, 0.05) is 10.4 Å². The van der Waals surface area contributed by atoms with Crippen molar-refractivity contribution in [3.8, 4) is 5.75 Å². The average Bonchev–Trinajstić information content (AvgIpc) is 3.05. The monoisotopic (exact) mass is 361 g/mol. The van der Waals surface area contributed by atoms with Crippen molar-refractivity contribution in [1.29, 1.82) is 0 Å². The van der Waals surface area contributed by atoms with Crippen LogP contribution >= 0.6 is 11.3 Å². The molecule has 0 aliphatic rings. The topological polar surface area (TPSA) is 81.7 Å². The molecular formula is C18H19NO5S. The van der Waals surface area contributed by atoms with E-state index in [1.807, 2.05) is 19.9 Å². The summed E-state index contributed by atoms with van der Waals surface area (Å²) in [7, 11) is 0. The first-order valence-corrected chi connectivity index (χ1v) is 8.57. The van der Waals surface area contributed by atoms with Gasteiger partial charge in [0.05, 0.1) is 11.5 Å². The number of ketones is 1. The molecule has 1 heterocycles. The van der Waals surface area contributed by atoms with Crippen LogP contribution in [0.2, 0.25) is 0 Å². The standard InChI is InChI=1S/C18H19NO5S/c1-3-23-14-7-5-13(6-8-14)18(22)19-10-17(21)24-11-15(20)16-9-4-12(2)25-16/h4-9H,3,10-11H2,1-2H3,(H,19,22). The molecule has 1 aromatic carbocycles. The van der Waals surface area contributed by atoms with E-state index < -0.39 is 11.9 Å². The van der Waals surface area contributed by atoms with Gasteiger partial charge >= 0.3 is 5.97 Å². The van der Waals surface area contributed by atoms with Crippen molar-refractivity contribution >= 4 is 29.0 Å². The van der Waals surface area contributed by atoms with Gasteiger partial charge in [-0.1, -0.05) is 0 Å². The van der Waals surface area contributed by atoms with Gasteiger partial charge in [0.2, 0.25) is 5.78 Å². The molecule has 6 nitrogen and oxygen atoms in total. The zero-order valence-corrected chi connectivity index (χ0v) is 14.9. The summed E-state index contributed by atoms with van der Waals surface area (Å²) >= 11 is 1.35. The maximum absolute atomic E-state index is 12.0. The first-order chi connectivity index (χ1) is 12.0. The normalized spacial score (nSPS) is 10.2. The van der Waals surface area contributed by atoms with E-state index in [4.69, 9.17) is 9.47 Å². The summed E-state index contributed by atoms with van der Waals surface area (Å²) in [5, 5.41) is 2.45. The highest BCUT2D eigenvalue weighted by Gasteiger charge is 2.13. The number of nitrogens with one attached hydrogen (secondary N) is 1. The smallest absolute Gasteiger partial charge is 0.325 e. The number of Topliss-reactive ketones (excluding diaryl/α,β-unsaturated/α-hetero) is 1. The lowest BCUT2D eigenvalue weighted by Gasteiger charge is -2.07. The molecule has 0 radical (unpaired) electrons. The minimum Gasteiger partial charge on any atom is -0.494 e. The quantitative estimate of drug-likeness (QED) is 0.577. The Morgan fingerprint density at radius 3 is 2.40 bits per heavy atom. The molecule has 1 N–H and O–H groups in total. The summed E-state index contributed by atoms with van der Waals surface area (Å²) in [6.07, 6.45) is 0.